The van der Waals surface area contributed by atoms with Crippen LogP contribution in [0.2, 0.25) is 0 Å². The van der Waals surface area contributed by atoms with Crippen LogP contribution in [0.3, 0.4) is 0 Å². The summed E-state index contributed by atoms with van der Waals surface area (Å²) in [5.41, 5.74) is 0.278. The van der Waals surface area contributed by atoms with Crippen LogP contribution in [0.5, 0.6) is 0 Å². The monoisotopic (exact) mass is 154 g/mol. The minimum atomic E-state index is -0.647. The van der Waals surface area contributed by atoms with Crippen LogP contribution in [0.1, 0.15) is 10.4 Å². The number of nitrogens with one attached hydrogen (secondary N) is 1. The molecule has 4 heteroatoms. The van der Waals surface area contributed by atoms with Gasteiger partial charge in [0, 0.05) is 24.9 Å². The number of carbonyl (C=O) groups is 1. The van der Waals surface area contributed by atoms with Gasteiger partial charge in [-0.3, -0.25) is 4.79 Å². The summed E-state index contributed by atoms with van der Waals surface area (Å²) in [5, 5.41) is 2.38. The van der Waals surface area contributed by atoms with Crippen molar-refractivity contribution in [2.75, 3.05) is 7.05 Å². The predicted octanol–water partition coefficient (Wildman–Crippen LogP) is 0.580. The normalized spacial score (nSPS) is 9.27. The number of aromatic nitrogens is 1. The number of carbonyl (C=O) groups excluding carboxylic acids is 1. The van der Waals surface area contributed by atoms with Crippen LogP contribution < -0.4 is 5.32 Å². The predicted molar refractivity (Wildman–Crippen MR) is 37.6 cm³/mol. The van der Waals surface area contributed by atoms with Gasteiger partial charge in [0.25, 0.3) is 5.91 Å². The molecule has 0 bridgehead atoms. The number of rotatable bonds is 1. The summed E-state index contributed by atoms with van der Waals surface area (Å²) in [4.78, 5) is 14.2. The molecule has 0 saturated heterocycles. The first-order chi connectivity index (χ1) is 5.24. The van der Waals surface area contributed by atoms with E-state index in [4.69, 9.17) is 0 Å². The maximum Gasteiger partial charge on any atom is 0.251 e. The van der Waals surface area contributed by atoms with Gasteiger partial charge in [-0.1, -0.05) is 0 Å². The number of nitrogens with zero attached hydrogens (tertiary/aromatic N) is 1. The quantitative estimate of drug-likeness (QED) is 0.601. The SMILES string of the molecule is CNC(=O)c1ccnc(F)c1. The van der Waals surface area contributed by atoms with Crippen molar-refractivity contribution >= 4 is 5.91 Å². The molecule has 0 spiro atoms. The average Bonchev–Trinajstić information content (AvgIpc) is 2.03. The number of hydrogen-bond donors (Lipinski definition) is 1. The summed E-state index contributed by atoms with van der Waals surface area (Å²) in [5.74, 6) is -0.961. The first kappa shape index (κ1) is 7.65. The second-order valence-corrected chi connectivity index (χ2v) is 1.95. The molecule has 1 aromatic heterocycles. The van der Waals surface area contributed by atoms with Gasteiger partial charge in [-0.25, -0.2) is 4.98 Å². The second kappa shape index (κ2) is 3.09. The molecular weight excluding hydrogens is 147 g/mol. The summed E-state index contributed by atoms with van der Waals surface area (Å²) in [6.07, 6.45) is 1.25. The van der Waals surface area contributed by atoms with Crippen molar-refractivity contribution in [3.05, 3.63) is 29.8 Å². The van der Waals surface area contributed by atoms with Crippen LogP contribution in [0.25, 0.3) is 0 Å². The molecule has 0 aliphatic rings. The smallest absolute Gasteiger partial charge is 0.251 e. The van der Waals surface area contributed by atoms with Gasteiger partial charge in [-0.15, -0.1) is 0 Å². The minimum absolute atomic E-state index is 0.278. The Kier molecular flexibility index (Phi) is 2.15. The highest BCUT2D eigenvalue weighted by Gasteiger charge is 2.02. The fourth-order valence-electron chi connectivity index (χ4n) is 0.688. The zero-order valence-corrected chi connectivity index (χ0v) is 5.97. The zero-order chi connectivity index (χ0) is 8.27. The molecular formula is C7H7FN2O. The number of halogens is 1. The van der Waals surface area contributed by atoms with Gasteiger partial charge in [0.15, 0.2) is 0 Å². The fourth-order valence-corrected chi connectivity index (χ4v) is 0.688. The highest BCUT2D eigenvalue weighted by atomic mass is 19.1. The maximum atomic E-state index is 12.4. The maximum absolute atomic E-state index is 12.4. The minimum Gasteiger partial charge on any atom is -0.355 e. The van der Waals surface area contributed by atoms with Crippen molar-refractivity contribution in [2.45, 2.75) is 0 Å². The Labute approximate surface area is 63.3 Å². The van der Waals surface area contributed by atoms with Gasteiger partial charge in [0.05, 0.1) is 0 Å². The lowest BCUT2D eigenvalue weighted by Gasteiger charge is -1.96. The van der Waals surface area contributed by atoms with Gasteiger partial charge in [-0.2, -0.15) is 4.39 Å². The lowest BCUT2D eigenvalue weighted by molar-refractivity contribution is 0.0962. The molecule has 0 radical (unpaired) electrons. The van der Waals surface area contributed by atoms with E-state index in [1.165, 1.54) is 19.3 Å². The Hall–Kier alpha value is -1.45. The van der Waals surface area contributed by atoms with Crippen LogP contribution in [0.15, 0.2) is 18.3 Å². The highest BCUT2D eigenvalue weighted by molar-refractivity contribution is 5.93. The molecule has 1 heterocycles. The van der Waals surface area contributed by atoms with Crippen molar-refractivity contribution in [3.63, 3.8) is 0 Å². The van der Waals surface area contributed by atoms with E-state index >= 15 is 0 Å². The van der Waals surface area contributed by atoms with Gasteiger partial charge in [0.1, 0.15) is 0 Å². The molecule has 3 nitrogen and oxygen atoms in total. The van der Waals surface area contributed by atoms with E-state index in [0.717, 1.165) is 6.07 Å². The molecule has 58 valence electrons. The Bertz CT molecular complexity index is 275. The van der Waals surface area contributed by atoms with Gasteiger partial charge >= 0.3 is 0 Å². The van der Waals surface area contributed by atoms with Crippen LogP contribution >= 0.6 is 0 Å². The Morgan fingerprint density at radius 1 is 1.73 bits per heavy atom. The highest BCUT2D eigenvalue weighted by Crippen LogP contribution is 1.98. The van der Waals surface area contributed by atoms with Crippen LogP contribution in [-0.2, 0) is 0 Å². The van der Waals surface area contributed by atoms with Gasteiger partial charge in [-0.05, 0) is 6.07 Å². The van der Waals surface area contributed by atoms with Gasteiger partial charge in [0.2, 0.25) is 5.95 Å². The van der Waals surface area contributed by atoms with E-state index in [0.29, 0.717) is 0 Å². The second-order valence-electron chi connectivity index (χ2n) is 1.95. The largest absolute Gasteiger partial charge is 0.355 e. The van der Waals surface area contributed by atoms with E-state index in [1.54, 1.807) is 0 Å². The molecule has 0 saturated carbocycles. The molecule has 1 rings (SSSR count). The van der Waals surface area contributed by atoms with Crippen molar-refractivity contribution in [1.82, 2.24) is 10.3 Å². The number of amides is 1. The summed E-state index contributed by atoms with van der Waals surface area (Å²) >= 11 is 0. The molecule has 0 aliphatic heterocycles. The number of hydrogen-bond acceptors (Lipinski definition) is 2. The Morgan fingerprint density at radius 3 is 3.00 bits per heavy atom. The Balaban J connectivity index is 2.96. The molecule has 0 aromatic carbocycles. The zero-order valence-electron chi connectivity index (χ0n) is 5.97. The first-order valence-electron chi connectivity index (χ1n) is 3.07. The first-order valence-corrected chi connectivity index (χ1v) is 3.07. The Morgan fingerprint density at radius 2 is 2.45 bits per heavy atom. The molecule has 1 amide bonds. The summed E-state index contributed by atoms with van der Waals surface area (Å²) in [6.45, 7) is 0. The molecule has 1 aromatic rings. The summed E-state index contributed by atoms with van der Waals surface area (Å²) in [6, 6.07) is 2.53. The third-order valence-corrected chi connectivity index (χ3v) is 1.22. The van der Waals surface area contributed by atoms with Crippen LogP contribution in [-0.4, -0.2) is 17.9 Å². The molecule has 1 N–H and O–H groups in total. The third-order valence-electron chi connectivity index (χ3n) is 1.22. The molecule has 0 fully saturated rings. The van der Waals surface area contributed by atoms with Crippen molar-refractivity contribution in [2.24, 2.45) is 0 Å². The standard InChI is InChI=1S/C7H7FN2O/c1-9-7(11)5-2-3-10-6(8)4-5/h2-4H,1H3,(H,9,11). The van der Waals surface area contributed by atoms with Crippen molar-refractivity contribution in [3.8, 4) is 0 Å². The van der Waals surface area contributed by atoms with E-state index < -0.39 is 5.95 Å². The number of pyridine rings is 1. The topological polar surface area (TPSA) is 42.0 Å². The van der Waals surface area contributed by atoms with E-state index in [2.05, 4.69) is 10.3 Å². The fraction of sp³-hybridized carbons (Fsp3) is 0.143. The lowest BCUT2D eigenvalue weighted by atomic mass is 10.2. The van der Waals surface area contributed by atoms with Crippen molar-refractivity contribution in [1.29, 1.82) is 0 Å². The third kappa shape index (κ3) is 1.73. The molecule has 11 heavy (non-hydrogen) atoms. The molecule has 0 atom stereocenters. The van der Waals surface area contributed by atoms with E-state index in [-0.39, 0.29) is 11.5 Å². The summed E-state index contributed by atoms with van der Waals surface area (Å²) in [7, 11) is 1.49. The van der Waals surface area contributed by atoms with Crippen LogP contribution in [0.4, 0.5) is 4.39 Å². The van der Waals surface area contributed by atoms with E-state index in [9.17, 15) is 9.18 Å². The van der Waals surface area contributed by atoms with Crippen LogP contribution in [0, 0.1) is 5.95 Å². The van der Waals surface area contributed by atoms with Crippen molar-refractivity contribution < 1.29 is 9.18 Å². The van der Waals surface area contributed by atoms with Gasteiger partial charge < -0.3 is 5.32 Å². The molecule has 0 aliphatic carbocycles. The van der Waals surface area contributed by atoms with E-state index in [1.807, 2.05) is 0 Å². The average molecular weight is 154 g/mol. The lowest BCUT2D eigenvalue weighted by Crippen LogP contribution is -2.17. The molecule has 0 unspecified atom stereocenters. The summed E-state index contributed by atoms with van der Waals surface area (Å²) < 4.78 is 12.4.